The molecule has 0 saturated carbocycles. The lowest BCUT2D eigenvalue weighted by molar-refractivity contribution is 0.292. The number of ether oxygens (including phenoxy) is 1. The van der Waals surface area contributed by atoms with E-state index in [4.69, 9.17) is 17.0 Å². The molecule has 0 aromatic heterocycles. The van der Waals surface area contributed by atoms with E-state index < -0.39 is 0 Å². The van der Waals surface area contributed by atoms with Crippen molar-refractivity contribution in [1.29, 1.82) is 0 Å². The van der Waals surface area contributed by atoms with Crippen molar-refractivity contribution in [3.63, 3.8) is 0 Å². The summed E-state index contributed by atoms with van der Waals surface area (Å²) >= 11 is 5.50. The van der Waals surface area contributed by atoms with Crippen molar-refractivity contribution in [2.75, 3.05) is 6.61 Å². The van der Waals surface area contributed by atoms with E-state index in [-0.39, 0.29) is 10.8 Å². The third-order valence-electron chi connectivity index (χ3n) is 6.34. The van der Waals surface area contributed by atoms with Gasteiger partial charge in [-0.3, -0.25) is 0 Å². The predicted octanol–water partition coefficient (Wildman–Crippen LogP) is 9.43. The molecular formula is C30H52O2S. The Balaban J connectivity index is 2.35. The van der Waals surface area contributed by atoms with E-state index in [2.05, 4.69) is 67.5 Å². The van der Waals surface area contributed by atoms with Crippen LogP contribution in [0.3, 0.4) is 0 Å². The highest BCUT2D eigenvalue weighted by atomic mass is 32.1. The highest BCUT2D eigenvalue weighted by molar-refractivity contribution is 7.80. The average Bonchev–Trinajstić information content (AvgIpc) is 2.69. The number of hydrogen-bond donors (Lipinski definition) is 1. The third kappa shape index (κ3) is 12.3. The van der Waals surface area contributed by atoms with Gasteiger partial charge in [0.15, 0.2) is 5.05 Å². The molecule has 0 spiro atoms. The van der Waals surface area contributed by atoms with Crippen LogP contribution in [0.2, 0.25) is 0 Å². The Morgan fingerprint density at radius 3 is 1.73 bits per heavy atom. The number of phenolic OH excluding ortho intramolecular Hbond substituents is 1. The maximum absolute atomic E-state index is 10.9. The number of aryl methyl sites for hydroxylation is 1. The van der Waals surface area contributed by atoms with E-state index in [1.54, 1.807) is 0 Å². The lowest BCUT2D eigenvalue weighted by atomic mass is 9.78. The van der Waals surface area contributed by atoms with Crippen LogP contribution in [0.1, 0.15) is 136 Å². The minimum absolute atomic E-state index is 0.106. The Kier molecular flexibility index (Phi) is 13.0. The van der Waals surface area contributed by atoms with Gasteiger partial charge in [-0.2, -0.15) is 0 Å². The lowest BCUT2D eigenvalue weighted by Gasteiger charge is -2.28. The molecule has 1 rings (SSSR count). The van der Waals surface area contributed by atoms with Crippen LogP contribution in [0.4, 0.5) is 0 Å². The topological polar surface area (TPSA) is 29.5 Å². The van der Waals surface area contributed by atoms with Gasteiger partial charge in [-0.1, -0.05) is 119 Å². The van der Waals surface area contributed by atoms with Gasteiger partial charge >= 0.3 is 0 Å². The Bertz CT molecular complexity index is 672. The molecule has 0 aliphatic carbocycles. The molecule has 0 atom stereocenters. The summed E-state index contributed by atoms with van der Waals surface area (Å²) in [6.45, 7) is 18.3. The van der Waals surface area contributed by atoms with Gasteiger partial charge < -0.3 is 9.84 Å². The second-order valence-electron chi connectivity index (χ2n) is 12.3. The molecule has 0 amide bonds. The number of unbranched alkanes of at least 4 members (excludes halogenated alkanes) is 7. The van der Waals surface area contributed by atoms with Crippen LogP contribution in [-0.4, -0.2) is 16.8 Å². The van der Waals surface area contributed by atoms with Crippen molar-refractivity contribution in [3.05, 3.63) is 28.8 Å². The first-order valence-corrected chi connectivity index (χ1v) is 13.8. The molecule has 0 aliphatic heterocycles. The minimum atomic E-state index is -0.106. The van der Waals surface area contributed by atoms with Crippen LogP contribution in [0.15, 0.2) is 12.1 Å². The second-order valence-corrected chi connectivity index (χ2v) is 12.7. The molecule has 0 heterocycles. The van der Waals surface area contributed by atoms with Crippen molar-refractivity contribution in [3.8, 4) is 5.75 Å². The molecule has 0 saturated heterocycles. The fourth-order valence-corrected chi connectivity index (χ4v) is 4.39. The van der Waals surface area contributed by atoms with E-state index in [1.807, 2.05) is 0 Å². The number of hydrogen-bond acceptors (Lipinski definition) is 3. The summed E-state index contributed by atoms with van der Waals surface area (Å²) in [4.78, 5) is 0. The average molecular weight is 477 g/mol. The Morgan fingerprint density at radius 1 is 0.818 bits per heavy atom. The number of thiocarbonyl (C=S) groups is 1. The maximum Gasteiger partial charge on any atom is 0.159 e. The Hall–Kier alpha value is -1.09. The molecule has 33 heavy (non-hydrogen) atoms. The Morgan fingerprint density at radius 2 is 1.27 bits per heavy atom. The molecule has 2 nitrogen and oxygen atoms in total. The van der Waals surface area contributed by atoms with Crippen LogP contribution in [0.25, 0.3) is 0 Å². The molecule has 0 aliphatic rings. The highest BCUT2D eigenvalue weighted by Crippen LogP contribution is 2.40. The number of phenols is 1. The first-order chi connectivity index (χ1) is 15.3. The van der Waals surface area contributed by atoms with E-state index in [0.29, 0.717) is 10.8 Å². The van der Waals surface area contributed by atoms with Crippen LogP contribution >= 0.6 is 12.2 Å². The first kappa shape index (κ1) is 29.9. The number of aromatic hydroxyl groups is 1. The van der Waals surface area contributed by atoms with E-state index in [9.17, 15) is 5.11 Å². The van der Waals surface area contributed by atoms with Crippen molar-refractivity contribution >= 4 is 17.3 Å². The second kappa shape index (κ2) is 14.3. The van der Waals surface area contributed by atoms with Gasteiger partial charge in [0.05, 0.1) is 6.61 Å². The van der Waals surface area contributed by atoms with Gasteiger partial charge in [0.2, 0.25) is 0 Å². The van der Waals surface area contributed by atoms with Gasteiger partial charge in [-0.25, -0.2) is 0 Å². The summed E-state index contributed by atoms with van der Waals surface area (Å²) < 4.78 is 5.85. The smallest absolute Gasteiger partial charge is 0.159 e. The van der Waals surface area contributed by atoms with Gasteiger partial charge in [-0.05, 0) is 58.5 Å². The predicted molar refractivity (Wildman–Crippen MR) is 149 cm³/mol. The van der Waals surface area contributed by atoms with E-state index in [1.165, 1.54) is 56.9 Å². The standard InChI is InChI=1S/C30H52O2S/c1-23(2)17-15-13-11-9-10-12-14-16-20-32-27(33)19-18-24-21-25(29(3,4)5)28(31)26(22-24)30(6,7)8/h21-23,31H,9-20H2,1-8H3. The van der Waals surface area contributed by atoms with Crippen LogP contribution in [-0.2, 0) is 22.0 Å². The molecule has 1 aromatic carbocycles. The zero-order valence-corrected chi connectivity index (χ0v) is 23.8. The fourth-order valence-electron chi connectivity index (χ4n) is 4.20. The third-order valence-corrected chi connectivity index (χ3v) is 6.66. The van der Waals surface area contributed by atoms with Crippen molar-refractivity contribution in [2.45, 2.75) is 137 Å². The lowest BCUT2D eigenvalue weighted by Crippen LogP contribution is -2.18. The quantitative estimate of drug-likeness (QED) is 0.214. The van der Waals surface area contributed by atoms with Gasteiger partial charge in [0.1, 0.15) is 5.75 Å². The summed E-state index contributed by atoms with van der Waals surface area (Å²) in [7, 11) is 0. The molecular weight excluding hydrogens is 424 g/mol. The molecule has 3 heteroatoms. The normalized spacial score (nSPS) is 12.4. The molecule has 190 valence electrons. The van der Waals surface area contributed by atoms with Crippen molar-refractivity contribution < 1.29 is 9.84 Å². The van der Waals surface area contributed by atoms with E-state index in [0.717, 1.165) is 42.9 Å². The SMILES string of the molecule is CC(C)CCCCCCCCCCOC(=S)CCc1cc(C(C)(C)C)c(O)c(C(C)(C)C)c1. The Labute approximate surface area is 210 Å². The summed E-state index contributed by atoms with van der Waals surface area (Å²) in [6.07, 6.45) is 13.5. The monoisotopic (exact) mass is 476 g/mol. The van der Waals surface area contributed by atoms with Gasteiger partial charge in [0, 0.05) is 6.42 Å². The number of rotatable bonds is 14. The van der Waals surface area contributed by atoms with Gasteiger partial charge in [0.25, 0.3) is 0 Å². The fraction of sp³-hybridized carbons (Fsp3) is 0.767. The summed E-state index contributed by atoms with van der Waals surface area (Å²) in [5, 5.41) is 11.6. The molecule has 0 radical (unpaired) electrons. The van der Waals surface area contributed by atoms with Crippen molar-refractivity contribution in [1.82, 2.24) is 0 Å². The van der Waals surface area contributed by atoms with Crippen molar-refractivity contribution in [2.24, 2.45) is 5.92 Å². The minimum Gasteiger partial charge on any atom is -0.507 e. The summed E-state index contributed by atoms with van der Waals surface area (Å²) in [5.41, 5.74) is 3.03. The van der Waals surface area contributed by atoms with E-state index >= 15 is 0 Å². The molecule has 1 aromatic rings. The molecule has 0 unspecified atom stereocenters. The maximum atomic E-state index is 10.9. The molecule has 0 bridgehead atoms. The number of benzene rings is 1. The zero-order valence-electron chi connectivity index (χ0n) is 23.0. The summed E-state index contributed by atoms with van der Waals surface area (Å²) in [5.74, 6) is 1.28. The zero-order chi connectivity index (χ0) is 25.1. The molecule has 1 N–H and O–H groups in total. The summed E-state index contributed by atoms with van der Waals surface area (Å²) in [6, 6.07) is 4.30. The first-order valence-electron chi connectivity index (χ1n) is 13.3. The van der Waals surface area contributed by atoms with Crippen LogP contribution in [0, 0.1) is 5.92 Å². The highest BCUT2D eigenvalue weighted by Gasteiger charge is 2.26. The van der Waals surface area contributed by atoms with Gasteiger partial charge in [-0.15, -0.1) is 0 Å². The van der Waals surface area contributed by atoms with Crippen LogP contribution < -0.4 is 0 Å². The largest absolute Gasteiger partial charge is 0.507 e. The molecule has 0 fully saturated rings. The van der Waals surface area contributed by atoms with Crippen LogP contribution in [0.5, 0.6) is 5.75 Å².